The summed E-state index contributed by atoms with van der Waals surface area (Å²) in [7, 11) is 0. The van der Waals surface area contributed by atoms with Crippen molar-refractivity contribution in [1.82, 2.24) is 14.8 Å². The lowest BCUT2D eigenvalue weighted by atomic mass is 9.72. The van der Waals surface area contributed by atoms with Crippen LogP contribution >= 0.6 is 0 Å². The highest BCUT2D eigenvalue weighted by molar-refractivity contribution is 5.93. The van der Waals surface area contributed by atoms with Crippen molar-refractivity contribution in [1.29, 1.82) is 0 Å². The number of carbonyl (C=O) groups is 3. The van der Waals surface area contributed by atoms with Crippen molar-refractivity contribution in [3.63, 3.8) is 0 Å². The van der Waals surface area contributed by atoms with Gasteiger partial charge in [-0.2, -0.15) is 13.2 Å². The van der Waals surface area contributed by atoms with Gasteiger partial charge in [-0.25, -0.2) is 4.79 Å². The standard InChI is InChI=1S/C20H23N3O3.C2HF3O2/c24-18-3-5-20(15-23(18)13-16-2-1-8-21-12-16)6-9-22(10-7-20)19(25)17-4-11-26-14-17;3-2(4,5)1(6)7/h1-2,4,8,11-12,14H,3,5-7,9-10,13,15H2;(H,6,7). The van der Waals surface area contributed by atoms with E-state index in [1.54, 1.807) is 12.3 Å². The van der Waals surface area contributed by atoms with Crippen LogP contribution in [-0.4, -0.2) is 63.5 Å². The second-order valence-electron chi connectivity index (χ2n) is 8.22. The van der Waals surface area contributed by atoms with Crippen LogP contribution in [0.4, 0.5) is 13.2 Å². The number of carbonyl (C=O) groups excluding carboxylic acids is 2. The summed E-state index contributed by atoms with van der Waals surface area (Å²) in [5.41, 5.74) is 1.80. The number of aliphatic carboxylic acids is 1. The molecule has 4 heterocycles. The number of furan rings is 1. The number of pyridine rings is 1. The number of halogens is 3. The summed E-state index contributed by atoms with van der Waals surface area (Å²) >= 11 is 0. The Morgan fingerprint density at radius 3 is 2.42 bits per heavy atom. The molecule has 2 amide bonds. The summed E-state index contributed by atoms with van der Waals surface area (Å²) in [4.78, 5) is 41.8. The SMILES string of the molecule is O=C(O)C(F)(F)F.O=C1CCC2(CCN(C(=O)c3ccoc3)CC2)CN1Cc1cccnc1. The molecule has 2 fully saturated rings. The van der Waals surface area contributed by atoms with Crippen molar-refractivity contribution in [2.75, 3.05) is 19.6 Å². The number of likely N-dealkylation sites (tertiary alicyclic amines) is 2. The zero-order valence-electron chi connectivity index (χ0n) is 17.8. The Labute approximate surface area is 188 Å². The summed E-state index contributed by atoms with van der Waals surface area (Å²) in [6.07, 6.45) is 4.90. The predicted octanol–water partition coefficient (Wildman–Crippen LogP) is 3.35. The maximum Gasteiger partial charge on any atom is 0.490 e. The summed E-state index contributed by atoms with van der Waals surface area (Å²) in [5.74, 6) is -2.50. The van der Waals surface area contributed by atoms with E-state index in [0.29, 0.717) is 18.5 Å². The zero-order valence-corrected chi connectivity index (χ0v) is 17.8. The van der Waals surface area contributed by atoms with Gasteiger partial charge in [0.15, 0.2) is 0 Å². The van der Waals surface area contributed by atoms with Gasteiger partial charge in [-0.1, -0.05) is 6.07 Å². The van der Waals surface area contributed by atoms with Crippen molar-refractivity contribution in [2.45, 2.75) is 38.4 Å². The topological polar surface area (TPSA) is 104 Å². The summed E-state index contributed by atoms with van der Waals surface area (Å²) in [5, 5.41) is 7.12. The summed E-state index contributed by atoms with van der Waals surface area (Å²) in [6, 6.07) is 5.62. The third-order valence-corrected chi connectivity index (χ3v) is 5.97. The molecule has 0 aromatic carbocycles. The maximum absolute atomic E-state index is 12.5. The molecule has 2 aliphatic heterocycles. The van der Waals surface area contributed by atoms with Crippen molar-refractivity contribution >= 4 is 17.8 Å². The van der Waals surface area contributed by atoms with E-state index in [1.807, 2.05) is 28.1 Å². The minimum absolute atomic E-state index is 0.0349. The molecule has 0 unspecified atom stereocenters. The largest absolute Gasteiger partial charge is 0.490 e. The van der Waals surface area contributed by atoms with E-state index in [-0.39, 0.29) is 17.2 Å². The molecule has 0 atom stereocenters. The van der Waals surface area contributed by atoms with Gasteiger partial charge in [-0.05, 0) is 42.4 Å². The van der Waals surface area contributed by atoms with Crippen LogP contribution in [0.3, 0.4) is 0 Å². The van der Waals surface area contributed by atoms with Crippen LogP contribution in [-0.2, 0) is 16.1 Å². The first-order valence-corrected chi connectivity index (χ1v) is 10.4. The number of rotatable bonds is 3. The van der Waals surface area contributed by atoms with Gasteiger partial charge < -0.3 is 19.3 Å². The number of alkyl halides is 3. The minimum Gasteiger partial charge on any atom is -0.475 e. The van der Waals surface area contributed by atoms with Crippen LogP contribution in [0.2, 0.25) is 0 Å². The number of carboxylic acid groups (broad SMARTS) is 1. The molecule has 2 saturated heterocycles. The molecule has 1 spiro atoms. The molecule has 33 heavy (non-hydrogen) atoms. The number of carboxylic acids is 1. The van der Waals surface area contributed by atoms with Crippen LogP contribution in [0, 0.1) is 5.41 Å². The molecular weight excluding hydrogens is 443 g/mol. The minimum atomic E-state index is -5.08. The van der Waals surface area contributed by atoms with Crippen LogP contribution in [0.1, 0.15) is 41.6 Å². The van der Waals surface area contributed by atoms with Gasteiger partial charge in [0.25, 0.3) is 5.91 Å². The van der Waals surface area contributed by atoms with Crippen LogP contribution in [0.5, 0.6) is 0 Å². The number of aromatic nitrogens is 1. The number of piperidine rings is 2. The van der Waals surface area contributed by atoms with Gasteiger partial charge in [0.05, 0.1) is 11.8 Å². The lowest BCUT2D eigenvalue weighted by Crippen LogP contribution is -2.52. The number of hydrogen-bond donors (Lipinski definition) is 1. The quantitative estimate of drug-likeness (QED) is 0.743. The Bertz CT molecular complexity index is 955. The Balaban J connectivity index is 0.000000383. The van der Waals surface area contributed by atoms with Gasteiger partial charge >= 0.3 is 12.1 Å². The fourth-order valence-electron chi connectivity index (χ4n) is 4.12. The smallest absolute Gasteiger partial charge is 0.475 e. The Kier molecular flexibility index (Phi) is 7.39. The van der Waals surface area contributed by atoms with Crippen molar-refractivity contribution < 1.29 is 37.1 Å². The number of nitrogens with zero attached hydrogens (tertiary/aromatic N) is 3. The first kappa shape index (κ1) is 24.3. The molecule has 0 aliphatic carbocycles. The average molecular weight is 467 g/mol. The van der Waals surface area contributed by atoms with E-state index < -0.39 is 12.1 Å². The molecular formula is C22H24F3N3O5. The lowest BCUT2D eigenvalue weighted by Gasteiger charge is -2.47. The fraction of sp³-hybridized carbons (Fsp3) is 0.455. The molecule has 8 nitrogen and oxygen atoms in total. The van der Waals surface area contributed by atoms with Gasteiger partial charge in [-0.3, -0.25) is 14.6 Å². The molecule has 0 saturated carbocycles. The molecule has 1 N–H and O–H groups in total. The predicted molar refractivity (Wildman–Crippen MR) is 109 cm³/mol. The molecule has 11 heteroatoms. The van der Waals surface area contributed by atoms with Crippen LogP contribution < -0.4 is 0 Å². The Morgan fingerprint density at radius 1 is 1.18 bits per heavy atom. The summed E-state index contributed by atoms with van der Waals surface area (Å²) in [6.45, 7) is 2.86. The Morgan fingerprint density at radius 2 is 1.88 bits per heavy atom. The highest BCUT2D eigenvalue weighted by atomic mass is 19.4. The van der Waals surface area contributed by atoms with E-state index in [2.05, 4.69) is 4.98 Å². The van der Waals surface area contributed by atoms with E-state index in [9.17, 15) is 22.8 Å². The fourth-order valence-corrected chi connectivity index (χ4v) is 4.12. The highest BCUT2D eigenvalue weighted by Gasteiger charge is 2.42. The molecule has 4 rings (SSSR count). The molecule has 0 radical (unpaired) electrons. The molecule has 2 aliphatic rings. The average Bonchev–Trinajstić information content (AvgIpc) is 3.32. The molecule has 2 aromatic rings. The second-order valence-corrected chi connectivity index (χ2v) is 8.22. The monoisotopic (exact) mass is 467 g/mol. The van der Waals surface area contributed by atoms with Crippen molar-refractivity contribution in [3.05, 3.63) is 54.2 Å². The molecule has 178 valence electrons. The highest BCUT2D eigenvalue weighted by Crippen LogP contribution is 2.40. The molecule has 0 bridgehead atoms. The number of hydrogen-bond acceptors (Lipinski definition) is 5. The van der Waals surface area contributed by atoms with Crippen LogP contribution in [0.25, 0.3) is 0 Å². The van der Waals surface area contributed by atoms with Gasteiger partial charge in [-0.15, -0.1) is 0 Å². The van der Waals surface area contributed by atoms with Gasteiger partial charge in [0.1, 0.15) is 6.26 Å². The second kappa shape index (κ2) is 10.1. The van der Waals surface area contributed by atoms with Crippen LogP contribution in [0.15, 0.2) is 47.5 Å². The maximum atomic E-state index is 12.5. The summed E-state index contributed by atoms with van der Waals surface area (Å²) < 4.78 is 36.8. The first-order valence-electron chi connectivity index (χ1n) is 10.4. The van der Waals surface area contributed by atoms with Crippen molar-refractivity contribution in [2.24, 2.45) is 5.41 Å². The van der Waals surface area contributed by atoms with Gasteiger partial charge in [0, 0.05) is 45.0 Å². The normalized spacial score (nSPS) is 18.0. The lowest BCUT2D eigenvalue weighted by molar-refractivity contribution is -0.192. The van der Waals surface area contributed by atoms with E-state index >= 15 is 0 Å². The van der Waals surface area contributed by atoms with E-state index in [0.717, 1.165) is 44.5 Å². The first-order chi connectivity index (χ1) is 15.6. The van der Waals surface area contributed by atoms with E-state index in [4.69, 9.17) is 14.3 Å². The zero-order chi connectivity index (χ0) is 24.1. The third-order valence-electron chi connectivity index (χ3n) is 5.97. The molecule has 2 aromatic heterocycles. The third kappa shape index (κ3) is 6.33. The van der Waals surface area contributed by atoms with Crippen molar-refractivity contribution in [3.8, 4) is 0 Å². The Hall–Kier alpha value is -3.37. The van der Waals surface area contributed by atoms with Gasteiger partial charge in [0.2, 0.25) is 5.91 Å². The number of amides is 2. The van der Waals surface area contributed by atoms with E-state index in [1.165, 1.54) is 12.5 Å².